The van der Waals surface area contributed by atoms with E-state index in [2.05, 4.69) is 0 Å². The third kappa shape index (κ3) is 3.36. The van der Waals surface area contributed by atoms with E-state index in [0.717, 1.165) is 10.9 Å². The summed E-state index contributed by atoms with van der Waals surface area (Å²) in [5.74, 6) is -0.00557. The Hall–Kier alpha value is -4.18. The molecule has 1 heterocycles. The van der Waals surface area contributed by atoms with Crippen molar-refractivity contribution in [3.05, 3.63) is 114 Å². The molecule has 5 rings (SSSR count). The molecule has 1 N–H and O–H groups in total. The summed E-state index contributed by atoms with van der Waals surface area (Å²) in [4.78, 5) is 28.5. The minimum atomic E-state index is -0.0793. The number of phenolic OH excluding ortho intramolecular Hbond substituents is 1. The van der Waals surface area contributed by atoms with Crippen molar-refractivity contribution in [3.8, 4) is 5.75 Å². The molecule has 32 heavy (non-hydrogen) atoms. The second kappa shape index (κ2) is 8.16. The van der Waals surface area contributed by atoms with E-state index in [0.29, 0.717) is 34.3 Å². The van der Waals surface area contributed by atoms with E-state index in [1.807, 2.05) is 72.8 Å². The van der Waals surface area contributed by atoms with Crippen LogP contribution in [0.2, 0.25) is 0 Å². The third-order valence-electron chi connectivity index (χ3n) is 5.82. The molecule has 0 radical (unpaired) electrons. The zero-order valence-corrected chi connectivity index (χ0v) is 17.4. The molecule has 0 bridgehead atoms. The summed E-state index contributed by atoms with van der Waals surface area (Å²) in [6.45, 7) is 0. The zero-order chi connectivity index (χ0) is 22.1. The second-order valence-corrected chi connectivity index (χ2v) is 7.77. The quantitative estimate of drug-likeness (QED) is 0.415. The smallest absolute Gasteiger partial charge is 0.231 e. The van der Waals surface area contributed by atoms with Crippen LogP contribution >= 0.6 is 0 Å². The molecule has 0 aromatic heterocycles. The van der Waals surface area contributed by atoms with Crippen LogP contribution in [0.15, 0.2) is 103 Å². The van der Waals surface area contributed by atoms with Gasteiger partial charge in [0.05, 0.1) is 11.4 Å². The van der Waals surface area contributed by atoms with Crippen molar-refractivity contribution < 1.29 is 14.7 Å². The van der Waals surface area contributed by atoms with Crippen LogP contribution in [-0.4, -0.2) is 16.8 Å². The van der Waals surface area contributed by atoms with E-state index in [1.165, 1.54) is 0 Å². The summed E-state index contributed by atoms with van der Waals surface area (Å²) in [5, 5.41) is 11.8. The molecular formula is C28H21NO3. The van der Waals surface area contributed by atoms with E-state index in [1.54, 1.807) is 29.2 Å². The number of hydrogen-bond donors (Lipinski definition) is 1. The number of carbonyl (C=O) groups is 2. The van der Waals surface area contributed by atoms with Crippen molar-refractivity contribution in [2.75, 3.05) is 4.90 Å². The summed E-state index contributed by atoms with van der Waals surface area (Å²) in [7, 11) is 0. The number of aromatic hydroxyl groups is 1. The Kier molecular flexibility index (Phi) is 5.04. The summed E-state index contributed by atoms with van der Waals surface area (Å²) in [6, 6.07) is 29.5. The molecule has 0 spiro atoms. The first kappa shape index (κ1) is 19.8. The highest BCUT2D eigenvalue weighted by Gasteiger charge is 2.33. The first-order valence-electron chi connectivity index (χ1n) is 10.6. The van der Waals surface area contributed by atoms with Crippen LogP contribution in [0.5, 0.6) is 5.75 Å². The molecule has 0 saturated heterocycles. The standard InChI is InChI=1S/C28H21NO3/c30-25-17-16-24(21-13-7-8-14-22(21)25)29-26(31)18-15-23(27(29)19-9-3-1-4-10-19)28(32)20-11-5-2-6-12-20/h1-14,16-17,30H,15,18H2. The molecule has 156 valence electrons. The summed E-state index contributed by atoms with van der Waals surface area (Å²) >= 11 is 0. The van der Waals surface area contributed by atoms with Crippen LogP contribution in [0, 0.1) is 0 Å². The molecule has 4 nitrogen and oxygen atoms in total. The third-order valence-corrected chi connectivity index (χ3v) is 5.82. The number of ketones is 1. The number of Topliss-reactive ketones (excluding diaryl/α,β-unsaturated/α-hetero) is 1. The topological polar surface area (TPSA) is 57.6 Å². The normalized spacial score (nSPS) is 14.1. The maximum absolute atomic E-state index is 13.5. The van der Waals surface area contributed by atoms with Crippen molar-refractivity contribution in [2.24, 2.45) is 0 Å². The Bertz CT molecular complexity index is 1360. The van der Waals surface area contributed by atoms with Gasteiger partial charge in [-0.25, -0.2) is 0 Å². The molecule has 0 aliphatic carbocycles. The lowest BCUT2D eigenvalue weighted by molar-refractivity contribution is -0.118. The van der Waals surface area contributed by atoms with Crippen LogP contribution in [0.1, 0.15) is 28.8 Å². The van der Waals surface area contributed by atoms with Crippen molar-refractivity contribution in [1.29, 1.82) is 0 Å². The molecular weight excluding hydrogens is 398 g/mol. The van der Waals surface area contributed by atoms with Gasteiger partial charge in [-0.2, -0.15) is 0 Å². The van der Waals surface area contributed by atoms with Gasteiger partial charge in [0.15, 0.2) is 5.78 Å². The predicted octanol–water partition coefficient (Wildman–Crippen LogP) is 5.97. The number of carbonyl (C=O) groups excluding carboxylic acids is 2. The predicted molar refractivity (Wildman–Crippen MR) is 126 cm³/mol. The monoisotopic (exact) mass is 419 g/mol. The fourth-order valence-electron chi connectivity index (χ4n) is 4.32. The molecule has 1 aliphatic heterocycles. The Morgan fingerprint density at radius 2 is 1.34 bits per heavy atom. The lowest BCUT2D eigenvalue weighted by Gasteiger charge is -2.33. The Morgan fingerprint density at radius 3 is 2.06 bits per heavy atom. The highest BCUT2D eigenvalue weighted by Crippen LogP contribution is 2.41. The molecule has 1 amide bonds. The highest BCUT2D eigenvalue weighted by molar-refractivity contribution is 6.22. The van der Waals surface area contributed by atoms with Gasteiger partial charge < -0.3 is 5.11 Å². The molecule has 0 unspecified atom stereocenters. The Balaban J connectivity index is 1.79. The Labute approximate surface area is 186 Å². The fourth-order valence-corrected chi connectivity index (χ4v) is 4.32. The molecule has 0 atom stereocenters. The lowest BCUT2D eigenvalue weighted by Crippen LogP contribution is -2.35. The van der Waals surface area contributed by atoms with Crippen molar-refractivity contribution in [2.45, 2.75) is 12.8 Å². The fraction of sp³-hybridized carbons (Fsp3) is 0.0714. The van der Waals surface area contributed by atoms with Gasteiger partial charge >= 0.3 is 0 Å². The number of amides is 1. The SMILES string of the molecule is O=C(C1=C(c2ccccc2)N(c2ccc(O)c3ccccc23)C(=O)CC1)c1ccccc1. The largest absolute Gasteiger partial charge is 0.507 e. The Morgan fingerprint density at radius 1 is 0.719 bits per heavy atom. The number of nitrogens with zero attached hydrogens (tertiary/aromatic N) is 1. The lowest BCUT2D eigenvalue weighted by atomic mass is 9.90. The van der Waals surface area contributed by atoms with Gasteiger partial charge in [-0.05, 0) is 24.1 Å². The summed E-state index contributed by atoms with van der Waals surface area (Å²) < 4.78 is 0. The van der Waals surface area contributed by atoms with Crippen LogP contribution < -0.4 is 4.90 Å². The minimum absolute atomic E-state index is 0.0787. The minimum Gasteiger partial charge on any atom is -0.507 e. The molecule has 1 aliphatic rings. The molecule has 4 heteroatoms. The highest BCUT2D eigenvalue weighted by atomic mass is 16.3. The number of anilines is 1. The number of hydrogen-bond acceptors (Lipinski definition) is 3. The van der Waals surface area contributed by atoms with E-state index < -0.39 is 0 Å². The summed E-state index contributed by atoms with van der Waals surface area (Å²) in [6.07, 6.45) is 0.614. The molecule has 0 fully saturated rings. The van der Waals surface area contributed by atoms with Gasteiger partial charge in [-0.3, -0.25) is 14.5 Å². The van der Waals surface area contributed by atoms with E-state index in [-0.39, 0.29) is 23.9 Å². The number of rotatable bonds is 4. The van der Waals surface area contributed by atoms with Gasteiger partial charge in [-0.1, -0.05) is 84.9 Å². The molecule has 4 aromatic rings. The van der Waals surface area contributed by atoms with Crippen LogP contribution in [0.4, 0.5) is 5.69 Å². The first-order chi connectivity index (χ1) is 15.6. The number of benzene rings is 4. The maximum atomic E-state index is 13.5. The van der Waals surface area contributed by atoms with Crippen molar-refractivity contribution in [1.82, 2.24) is 0 Å². The van der Waals surface area contributed by atoms with E-state index >= 15 is 0 Å². The number of allylic oxidation sites excluding steroid dienone is 1. The number of phenols is 1. The van der Waals surface area contributed by atoms with Gasteiger partial charge in [0.2, 0.25) is 5.91 Å². The summed E-state index contributed by atoms with van der Waals surface area (Å²) in [5.41, 5.74) is 3.27. The van der Waals surface area contributed by atoms with Crippen molar-refractivity contribution in [3.63, 3.8) is 0 Å². The average Bonchev–Trinajstić information content (AvgIpc) is 2.85. The first-order valence-corrected chi connectivity index (χ1v) is 10.6. The molecule has 4 aromatic carbocycles. The van der Waals surface area contributed by atoms with E-state index in [9.17, 15) is 14.7 Å². The van der Waals surface area contributed by atoms with Crippen LogP contribution in [0.3, 0.4) is 0 Å². The van der Waals surface area contributed by atoms with Crippen LogP contribution in [-0.2, 0) is 4.79 Å². The average molecular weight is 419 g/mol. The maximum Gasteiger partial charge on any atom is 0.231 e. The second-order valence-electron chi connectivity index (χ2n) is 7.77. The van der Waals surface area contributed by atoms with Crippen molar-refractivity contribution >= 4 is 33.8 Å². The molecule has 0 saturated carbocycles. The zero-order valence-electron chi connectivity index (χ0n) is 17.4. The van der Waals surface area contributed by atoms with Gasteiger partial charge in [-0.15, -0.1) is 0 Å². The van der Waals surface area contributed by atoms with E-state index in [4.69, 9.17) is 0 Å². The van der Waals surface area contributed by atoms with Gasteiger partial charge in [0.25, 0.3) is 0 Å². The van der Waals surface area contributed by atoms with Gasteiger partial charge in [0, 0.05) is 28.3 Å². The van der Waals surface area contributed by atoms with Gasteiger partial charge in [0.1, 0.15) is 5.75 Å². The van der Waals surface area contributed by atoms with Crippen LogP contribution in [0.25, 0.3) is 16.5 Å². The number of fused-ring (bicyclic) bond motifs is 1.